The van der Waals surface area contributed by atoms with E-state index in [0.29, 0.717) is 0 Å². The van der Waals surface area contributed by atoms with E-state index in [1.807, 2.05) is 24.3 Å². The molecule has 0 aliphatic rings. The predicted octanol–water partition coefficient (Wildman–Crippen LogP) is 3.94. The van der Waals surface area contributed by atoms with Gasteiger partial charge in [-0.05, 0) is 24.3 Å². The van der Waals surface area contributed by atoms with Crippen LogP contribution < -0.4 is 0 Å². The number of hydrogen-bond acceptors (Lipinski definition) is 2. The predicted molar refractivity (Wildman–Crippen MR) is 80.8 cm³/mol. The maximum absolute atomic E-state index is 4.07. The lowest BCUT2D eigenvalue weighted by atomic mass is 10.3. The van der Waals surface area contributed by atoms with Crippen LogP contribution in [-0.2, 0) is 0 Å². The number of halogens is 4. The number of fused-ring (bicyclic) bond motifs is 1. The van der Waals surface area contributed by atoms with Crippen LogP contribution in [0.4, 0.5) is 0 Å². The van der Waals surface area contributed by atoms with Gasteiger partial charge < -0.3 is 0 Å². The molecule has 80 valence electrons. The zero-order valence-electron chi connectivity index (χ0n) is 6.99. The van der Waals surface area contributed by atoms with Crippen molar-refractivity contribution in [3.05, 3.63) is 36.7 Å². The Morgan fingerprint density at radius 3 is 1.50 bits per heavy atom. The Kier molecular flexibility index (Phi) is 14.3. The molecule has 0 bridgehead atoms. The van der Waals surface area contributed by atoms with Gasteiger partial charge in [-0.2, -0.15) is 0 Å². The highest BCUT2D eigenvalue weighted by atomic mass is 79.9. The molecular formula is C8H10Br4N2. The fraction of sp³-hybridized carbons (Fsp3) is 0. The summed E-state index contributed by atoms with van der Waals surface area (Å²) in [6.07, 6.45) is 3.49. The first kappa shape index (κ1) is 20.0. The molecule has 0 N–H and O–H groups in total. The van der Waals surface area contributed by atoms with Gasteiger partial charge in [0, 0.05) is 17.8 Å². The lowest BCUT2D eigenvalue weighted by Crippen LogP contribution is -1.78. The summed E-state index contributed by atoms with van der Waals surface area (Å²) in [7, 11) is 0. The molecular weight excluding hydrogens is 444 g/mol. The summed E-state index contributed by atoms with van der Waals surface area (Å²) in [4.78, 5) is 8.14. The minimum absolute atomic E-state index is 0. The lowest BCUT2D eigenvalue weighted by Gasteiger charge is -1.90. The minimum atomic E-state index is 0. The van der Waals surface area contributed by atoms with Crippen LogP contribution in [0, 0.1) is 0 Å². The van der Waals surface area contributed by atoms with Crippen LogP contribution in [-0.4, -0.2) is 9.97 Å². The van der Waals surface area contributed by atoms with Crippen molar-refractivity contribution in [2.24, 2.45) is 0 Å². The molecule has 2 heterocycles. The van der Waals surface area contributed by atoms with Gasteiger partial charge in [0.15, 0.2) is 5.65 Å². The van der Waals surface area contributed by atoms with Gasteiger partial charge in [0.2, 0.25) is 0 Å². The van der Waals surface area contributed by atoms with Crippen molar-refractivity contribution < 1.29 is 0 Å². The number of rotatable bonds is 0. The van der Waals surface area contributed by atoms with E-state index < -0.39 is 0 Å². The Hall–Kier alpha value is 0.480. The highest BCUT2D eigenvalue weighted by Crippen LogP contribution is 2.04. The highest BCUT2D eigenvalue weighted by Gasteiger charge is 1.88. The van der Waals surface area contributed by atoms with Gasteiger partial charge in [-0.15, -0.1) is 67.9 Å². The number of aromatic nitrogens is 2. The molecule has 0 fully saturated rings. The maximum atomic E-state index is 4.07. The lowest BCUT2D eigenvalue weighted by molar-refractivity contribution is 1.29. The molecule has 0 atom stereocenters. The van der Waals surface area contributed by atoms with E-state index in [1.54, 1.807) is 12.4 Å². The van der Waals surface area contributed by atoms with Crippen LogP contribution >= 0.6 is 67.9 Å². The SMILES string of the molecule is Br.Br.Br.Br.c1cnc2ncccc2c1. The van der Waals surface area contributed by atoms with E-state index in [4.69, 9.17) is 0 Å². The van der Waals surface area contributed by atoms with Crippen LogP contribution in [0.2, 0.25) is 0 Å². The van der Waals surface area contributed by atoms with Crippen LogP contribution in [0.25, 0.3) is 11.0 Å². The normalized spacial score (nSPS) is 7.14. The summed E-state index contributed by atoms with van der Waals surface area (Å²) in [6.45, 7) is 0. The second kappa shape index (κ2) is 10.0. The summed E-state index contributed by atoms with van der Waals surface area (Å²) in [5, 5.41) is 1.09. The van der Waals surface area contributed by atoms with E-state index in [0.717, 1.165) is 11.0 Å². The summed E-state index contributed by atoms with van der Waals surface area (Å²) in [6, 6.07) is 7.80. The summed E-state index contributed by atoms with van der Waals surface area (Å²) in [5.41, 5.74) is 0.810. The van der Waals surface area contributed by atoms with Gasteiger partial charge in [0.1, 0.15) is 0 Å². The van der Waals surface area contributed by atoms with Gasteiger partial charge in [-0.1, -0.05) is 0 Å². The molecule has 14 heavy (non-hydrogen) atoms. The van der Waals surface area contributed by atoms with Crippen LogP contribution in [0.3, 0.4) is 0 Å². The molecule has 0 amide bonds. The molecule has 0 aromatic carbocycles. The first-order valence-corrected chi connectivity index (χ1v) is 3.12. The quantitative estimate of drug-likeness (QED) is 0.604. The fourth-order valence-electron chi connectivity index (χ4n) is 0.908. The van der Waals surface area contributed by atoms with Gasteiger partial charge in [0.25, 0.3) is 0 Å². The zero-order valence-corrected chi connectivity index (χ0v) is 13.8. The van der Waals surface area contributed by atoms with Crippen molar-refractivity contribution >= 4 is 79.0 Å². The molecule has 0 saturated heterocycles. The van der Waals surface area contributed by atoms with E-state index >= 15 is 0 Å². The van der Waals surface area contributed by atoms with Crippen molar-refractivity contribution in [1.29, 1.82) is 0 Å². The topological polar surface area (TPSA) is 25.8 Å². The minimum Gasteiger partial charge on any atom is -0.237 e. The Labute approximate surface area is 125 Å². The number of hydrogen-bond donors (Lipinski definition) is 0. The fourth-order valence-corrected chi connectivity index (χ4v) is 0.908. The van der Waals surface area contributed by atoms with Gasteiger partial charge >= 0.3 is 0 Å². The average Bonchev–Trinajstić information content (AvgIpc) is 2.05. The van der Waals surface area contributed by atoms with E-state index in [-0.39, 0.29) is 67.9 Å². The van der Waals surface area contributed by atoms with Gasteiger partial charge in [-0.25, -0.2) is 9.97 Å². The zero-order chi connectivity index (χ0) is 6.81. The van der Waals surface area contributed by atoms with Crippen LogP contribution in [0.1, 0.15) is 0 Å². The monoisotopic (exact) mass is 450 g/mol. The third-order valence-electron chi connectivity index (χ3n) is 1.38. The average molecular weight is 454 g/mol. The third-order valence-corrected chi connectivity index (χ3v) is 1.38. The summed E-state index contributed by atoms with van der Waals surface area (Å²) < 4.78 is 0. The van der Waals surface area contributed by atoms with Crippen molar-refractivity contribution in [2.45, 2.75) is 0 Å². The molecule has 2 rings (SSSR count). The highest BCUT2D eigenvalue weighted by molar-refractivity contribution is 8.93. The van der Waals surface area contributed by atoms with Crippen molar-refractivity contribution in [3.8, 4) is 0 Å². The molecule has 0 spiro atoms. The smallest absolute Gasteiger partial charge is 0.159 e. The number of nitrogens with zero attached hydrogens (tertiary/aromatic N) is 2. The molecule has 6 heteroatoms. The number of pyridine rings is 2. The van der Waals surface area contributed by atoms with Gasteiger partial charge in [-0.3, -0.25) is 0 Å². The maximum Gasteiger partial charge on any atom is 0.159 e. The second-order valence-electron chi connectivity index (χ2n) is 2.05. The molecule has 0 aliphatic heterocycles. The van der Waals surface area contributed by atoms with Crippen LogP contribution in [0.15, 0.2) is 36.7 Å². The molecule has 0 unspecified atom stereocenters. The van der Waals surface area contributed by atoms with E-state index in [1.165, 1.54) is 0 Å². The van der Waals surface area contributed by atoms with Gasteiger partial charge in [0.05, 0.1) is 0 Å². The Morgan fingerprint density at radius 1 is 0.714 bits per heavy atom. The van der Waals surface area contributed by atoms with Crippen LogP contribution in [0.5, 0.6) is 0 Å². The van der Waals surface area contributed by atoms with Crippen molar-refractivity contribution in [1.82, 2.24) is 9.97 Å². The van der Waals surface area contributed by atoms with Crippen molar-refractivity contribution in [3.63, 3.8) is 0 Å². The van der Waals surface area contributed by atoms with Crippen molar-refractivity contribution in [2.75, 3.05) is 0 Å². The first-order chi connectivity index (χ1) is 4.97. The second-order valence-corrected chi connectivity index (χ2v) is 2.05. The Bertz CT molecular complexity index is 290. The first-order valence-electron chi connectivity index (χ1n) is 3.12. The standard InChI is InChI=1S/C8H6N2.4BrH/c1-3-7-4-2-6-10-8(7)9-5-1;;;;/h1-6H;4*1H. The molecule has 2 nitrogen and oxygen atoms in total. The van der Waals surface area contributed by atoms with E-state index in [2.05, 4.69) is 9.97 Å². The summed E-state index contributed by atoms with van der Waals surface area (Å²) >= 11 is 0. The Morgan fingerprint density at radius 2 is 1.14 bits per heavy atom. The third kappa shape index (κ3) is 4.82. The molecule has 2 aromatic rings. The van der Waals surface area contributed by atoms with E-state index in [9.17, 15) is 0 Å². The molecule has 0 saturated carbocycles. The molecule has 0 aliphatic carbocycles. The molecule has 0 radical (unpaired) electrons. The largest absolute Gasteiger partial charge is 0.237 e. The summed E-state index contributed by atoms with van der Waals surface area (Å²) in [5.74, 6) is 0. The Balaban J connectivity index is -0.000000302. The molecule has 2 aromatic heterocycles.